The molecular weight excluding hydrogens is 404 g/mol. The van der Waals surface area contributed by atoms with Gasteiger partial charge in [0.05, 0.1) is 5.69 Å². The van der Waals surface area contributed by atoms with Crippen LogP contribution in [0.2, 0.25) is 0 Å². The minimum atomic E-state index is -0.0437. The van der Waals surface area contributed by atoms with Gasteiger partial charge in [0, 0.05) is 43.5 Å². The summed E-state index contributed by atoms with van der Waals surface area (Å²) in [6.07, 6.45) is 2.53. The summed E-state index contributed by atoms with van der Waals surface area (Å²) in [5.74, 6) is 0.0657. The molecule has 0 saturated carbocycles. The van der Waals surface area contributed by atoms with Crippen LogP contribution in [-0.2, 0) is 20.0 Å². The summed E-state index contributed by atoms with van der Waals surface area (Å²) in [6.45, 7) is 1.02. The van der Waals surface area contributed by atoms with Crippen LogP contribution in [0.5, 0.6) is 0 Å². The lowest BCUT2D eigenvalue weighted by atomic mass is 10.00. The predicted octanol–water partition coefficient (Wildman–Crippen LogP) is 4.34. The van der Waals surface area contributed by atoms with E-state index in [1.807, 2.05) is 34.8 Å². The van der Waals surface area contributed by atoms with Crippen LogP contribution in [-0.4, -0.2) is 33.2 Å². The fraction of sp³-hybridized carbons (Fsp3) is 0.200. The van der Waals surface area contributed by atoms with E-state index in [0.29, 0.717) is 13.1 Å². The molecule has 1 amide bonds. The first-order chi connectivity index (χ1) is 15.1. The molecule has 1 atom stereocenters. The molecule has 5 nitrogen and oxygen atoms in total. The third-order valence-corrected chi connectivity index (χ3v) is 6.70. The van der Waals surface area contributed by atoms with Crippen molar-refractivity contribution in [2.24, 2.45) is 12.8 Å². The van der Waals surface area contributed by atoms with E-state index < -0.39 is 0 Å². The fourth-order valence-electron chi connectivity index (χ4n) is 4.35. The Balaban J connectivity index is 1.38. The molecule has 0 bridgehead atoms. The molecule has 3 heterocycles. The van der Waals surface area contributed by atoms with Gasteiger partial charge in [-0.05, 0) is 63.7 Å². The van der Waals surface area contributed by atoms with Crippen LogP contribution in [0.3, 0.4) is 0 Å². The van der Waals surface area contributed by atoms with Crippen LogP contribution in [0.1, 0.15) is 21.5 Å². The highest BCUT2D eigenvalue weighted by Crippen LogP contribution is 2.30. The number of rotatable bonds is 6. The molecule has 6 heteroatoms. The Kier molecular flexibility index (Phi) is 5.18. The molecule has 31 heavy (non-hydrogen) atoms. The summed E-state index contributed by atoms with van der Waals surface area (Å²) < 4.78 is 1.85. The van der Waals surface area contributed by atoms with Gasteiger partial charge < -0.3 is 10.6 Å². The molecule has 0 spiro atoms. The van der Waals surface area contributed by atoms with E-state index in [4.69, 9.17) is 5.73 Å². The number of thiophene rings is 1. The Morgan fingerprint density at radius 2 is 2.00 bits per heavy atom. The lowest BCUT2D eigenvalue weighted by Crippen LogP contribution is -2.42. The van der Waals surface area contributed by atoms with Crippen molar-refractivity contribution in [1.29, 1.82) is 0 Å². The van der Waals surface area contributed by atoms with E-state index >= 15 is 0 Å². The molecule has 0 aliphatic carbocycles. The Hall–Kier alpha value is -3.22. The molecule has 0 radical (unpaired) electrons. The number of nitrogens with zero attached hydrogens (tertiary/aromatic N) is 3. The molecule has 2 N–H and O–H groups in total. The van der Waals surface area contributed by atoms with Crippen LogP contribution in [0.25, 0.3) is 22.4 Å². The summed E-state index contributed by atoms with van der Waals surface area (Å²) in [4.78, 5) is 15.1. The lowest BCUT2D eigenvalue weighted by molar-refractivity contribution is 0.0708. The molecule has 1 aliphatic rings. The molecule has 5 rings (SSSR count). The highest BCUT2D eigenvalue weighted by Gasteiger charge is 2.32. The van der Waals surface area contributed by atoms with E-state index in [-0.39, 0.29) is 11.9 Å². The number of aromatic nitrogens is 2. The minimum absolute atomic E-state index is 0.0437. The van der Waals surface area contributed by atoms with Crippen LogP contribution in [0.15, 0.2) is 71.6 Å². The predicted molar refractivity (Wildman–Crippen MR) is 125 cm³/mol. The maximum atomic E-state index is 13.2. The summed E-state index contributed by atoms with van der Waals surface area (Å²) in [5, 5.41) is 8.49. The first-order valence-electron chi connectivity index (χ1n) is 10.4. The maximum Gasteiger partial charge on any atom is 0.254 e. The molecular formula is C25H24N4OS. The van der Waals surface area contributed by atoms with Crippen molar-refractivity contribution in [3.05, 3.63) is 88.2 Å². The number of benzene rings is 2. The van der Waals surface area contributed by atoms with Gasteiger partial charge in [0.15, 0.2) is 0 Å². The monoisotopic (exact) mass is 428 g/mol. The molecule has 0 fully saturated rings. The first-order valence-corrected chi connectivity index (χ1v) is 11.3. The first kappa shape index (κ1) is 19.7. The van der Waals surface area contributed by atoms with E-state index in [1.165, 1.54) is 16.7 Å². The summed E-state index contributed by atoms with van der Waals surface area (Å²) in [7, 11) is 1.93. The van der Waals surface area contributed by atoms with Crippen LogP contribution in [0.4, 0.5) is 0 Å². The summed E-state index contributed by atoms with van der Waals surface area (Å²) >= 11 is 1.69. The molecule has 156 valence electrons. The molecule has 1 aliphatic heterocycles. The number of aryl methyl sites for hydroxylation is 1. The van der Waals surface area contributed by atoms with Gasteiger partial charge in [0.1, 0.15) is 0 Å². The Bertz CT molecular complexity index is 1230. The van der Waals surface area contributed by atoms with Crippen LogP contribution in [0, 0.1) is 0 Å². The number of hydrogen-bond acceptors (Lipinski definition) is 4. The zero-order valence-electron chi connectivity index (χ0n) is 17.4. The second-order valence-corrected chi connectivity index (χ2v) is 8.73. The molecule has 4 aromatic rings. The second-order valence-electron chi connectivity index (χ2n) is 7.95. The third-order valence-electron chi connectivity index (χ3n) is 6.02. The Labute approximate surface area is 185 Å². The molecule has 2 aromatic heterocycles. The van der Waals surface area contributed by atoms with Crippen LogP contribution >= 0.6 is 11.3 Å². The molecule has 0 saturated heterocycles. The highest BCUT2D eigenvalue weighted by molar-refractivity contribution is 7.08. The van der Waals surface area contributed by atoms with Crippen molar-refractivity contribution in [3.8, 4) is 22.4 Å². The minimum Gasteiger partial charge on any atom is -0.330 e. The standard InChI is InChI=1S/C25H24N4OS/c1-28-24(7-9-27-28)19-5-6-23-21(13-19)15-29(25(23)30)22(14-26)12-17-3-2-4-18(11-17)20-8-10-31-16-20/h2-11,13,16,22H,12,14-15,26H2,1H3/t22-/m0/s1. The number of hydrogen-bond donors (Lipinski definition) is 1. The lowest BCUT2D eigenvalue weighted by Gasteiger charge is -2.27. The van der Waals surface area contributed by atoms with Gasteiger partial charge in [-0.3, -0.25) is 9.48 Å². The average Bonchev–Trinajstić information content (AvgIpc) is 3.53. The Morgan fingerprint density at radius 3 is 2.74 bits per heavy atom. The number of amides is 1. The van der Waals surface area contributed by atoms with Gasteiger partial charge in [-0.15, -0.1) is 0 Å². The number of nitrogens with two attached hydrogens (primary N) is 1. The highest BCUT2D eigenvalue weighted by atomic mass is 32.1. The third kappa shape index (κ3) is 3.69. The van der Waals surface area contributed by atoms with Crippen LogP contribution < -0.4 is 5.73 Å². The van der Waals surface area contributed by atoms with Crippen molar-refractivity contribution >= 4 is 17.2 Å². The largest absolute Gasteiger partial charge is 0.330 e. The van der Waals surface area contributed by atoms with Gasteiger partial charge in [0.25, 0.3) is 5.91 Å². The summed E-state index contributed by atoms with van der Waals surface area (Å²) in [6, 6.07) is 18.6. The van der Waals surface area contributed by atoms with Gasteiger partial charge in [-0.25, -0.2) is 0 Å². The normalized spacial score (nSPS) is 14.1. The van der Waals surface area contributed by atoms with Gasteiger partial charge in [-0.2, -0.15) is 16.4 Å². The number of carbonyl (C=O) groups is 1. The quantitative estimate of drug-likeness (QED) is 0.497. The topological polar surface area (TPSA) is 64.2 Å². The van der Waals surface area contributed by atoms with E-state index in [9.17, 15) is 4.79 Å². The number of carbonyl (C=O) groups excluding carboxylic acids is 1. The van der Waals surface area contributed by atoms with Crippen molar-refractivity contribution < 1.29 is 4.79 Å². The van der Waals surface area contributed by atoms with Crippen molar-refractivity contribution in [2.45, 2.75) is 19.0 Å². The average molecular weight is 429 g/mol. The van der Waals surface area contributed by atoms with Crippen molar-refractivity contribution in [1.82, 2.24) is 14.7 Å². The van der Waals surface area contributed by atoms with Gasteiger partial charge in [-0.1, -0.05) is 30.3 Å². The summed E-state index contributed by atoms with van der Waals surface area (Å²) in [5.41, 5.74) is 13.7. The molecule has 2 aromatic carbocycles. The SMILES string of the molecule is Cn1nccc1-c1ccc2c(c1)CN([C@H](CN)Cc1cccc(-c3ccsc3)c1)C2=O. The van der Waals surface area contributed by atoms with Gasteiger partial charge in [0.2, 0.25) is 0 Å². The smallest absolute Gasteiger partial charge is 0.254 e. The van der Waals surface area contributed by atoms with Gasteiger partial charge >= 0.3 is 0 Å². The maximum absolute atomic E-state index is 13.2. The van der Waals surface area contributed by atoms with E-state index in [0.717, 1.165) is 28.8 Å². The zero-order chi connectivity index (χ0) is 21.4. The second kappa shape index (κ2) is 8.13. The molecule has 0 unspecified atom stereocenters. The van der Waals surface area contributed by atoms with Crippen molar-refractivity contribution in [2.75, 3.05) is 6.54 Å². The zero-order valence-corrected chi connectivity index (χ0v) is 18.2. The fourth-order valence-corrected chi connectivity index (χ4v) is 5.02. The van der Waals surface area contributed by atoms with E-state index in [2.05, 4.69) is 52.3 Å². The van der Waals surface area contributed by atoms with Crippen molar-refractivity contribution in [3.63, 3.8) is 0 Å². The number of fused-ring (bicyclic) bond motifs is 1. The van der Waals surface area contributed by atoms with E-state index in [1.54, 1.807) is 17.5 Å². The Morgan fingerprint density at radius 1 is 1.10 bits per heavy atom.